The summed E-state index contributed by atoms with van der Waals surface area (Å²) < 4.78 is 0. The van der Waals surface area contributed by atoms with E-state index in [0.29, 0.717) is 6.42 Å². The van der Waals surface area contributed by atoms with E-state index in [1.807, 2.05) is 42.1 Å². The quantitative estimate of drug-likeness (QED) is 0.322. The van der Waals surface area contributed by atoms with Gasteiger partial charge in [0, 0.05) is 34.3 Å². The highest BCUT2D eigenvalue weighted by atomic mass is 32.2. The molecule has 2 nitrogen and oxygen atoms in total. The van der Waals surface area contributed by atoms with Gasteiger partial charge in [-0.2, -0.15) is 11.8 Å². The van der Waals surface area contributed by atoms with E-state index < -0.39 is 0 Å². The molecule has 4 heteroatoms. The number of amides is 1. The third-order valence-electron chi connectivity index (χ3n) is 4.30. The normalized spacial score (nSPS) is 10.6. The lowest BCUT2D eigenvalue weighted by molar-refractivity contribution is -0.115. The first-order valence-corrected chi connectivity index (χ1v) is 11.5. The van der Waals surface area contributed by atoms with Crippen LogP contribution in [0.1, 0.15) is 23.1 Å². The van der Waals surface area contributed by atoms with Gasteiger partial charge in [-0.15, -0.1) is 11.8 Å². The topological polar surface area (TPSA) is 29.1 Å². The van der Waals surface area contributed by atoms with Gasteiger partial charge in [0.05, 0.1) is 0 Å². The molecule has 28 heavy (non-hydrogen) atoms. The second kappa shape index (κ2) is 11.0. The van der Waals surface area contributed by atoms with E-state index in [1.54, 1.807) is 11.8 Å². The molecule has 0 saturated heterocycles. The summed E-state index contributed by atoms with van der Waals surface area (Å²) in [6, 6.07) is 27.0. The first kappa shape index (κ1) is 20.6. The Balaban J connectivity index is 1.42. The molecule has 3 aromatic carbocycles. The van der Waals surface area contributed by atoms with Crippen LogP contribution in [0.15, 0.2) is 83.8 Å². The summed E-state index contributed by atoms with van der Waals surface area (Å²) in [5, 5.41) is 3.05. The molecule has 0 spiro atoms. The number of benzene rings is 3. The van der Waals surface area contributed by atoms with Gasteiger partial charge in [-0.05, 0) is 41.8 Å². The van der Waals surface area contributed by atoms with E-state index in [1.165, 1.54) is 16.0 Å². The molecular weight excluding hydrogens is 382 g/mol. The average Bonchev–Trinajstić information content (AvgIpc) is 2.73. The summed E-state index contributed by atoms with van der Waals surface area (Å²) >= 11 is 3.62. The van der Waals surface area contributed by atoms with E-state index in [2.05, 4.69) is 60.8 Å². The zero-order valence-electron chi connectivity index (χ0n) is 16.1. The summed E-state index contributed by atoms with van der Waals surface area (Å²) in [6.45, 7) is 2.05. The van der Waals surface area contributed by atoms with Crippen LogP contribution in [0.4, 0.5) is 5.69 Å². The monoisotopic (exact) mass is 407 g/mol. The Bertz CT molecular complexity index is 882. The summed E-state index contributed by atoms with van der Waals surface area (Å²) in [4.78, 5) is 13.5. The van der Waals surface area contributed by atoms with E-state index >= 15 is 0 Å². The minimum atomic E-state index is 0.0788. The largest absolute Gasteiger partial charge is 0.326 e. The van der Waals surface area contributed by atoms with Crippen molar-refractivity contribution in [2.45, 2.75) is 29.7 Å². The van der Waals surface area contributed by atoms with E-state index in [-0.39, 0.29) is 5.91 Å². The Hall–Kier alpha value is -2.17. The third-order valence-corrected chi connectivity index (χ3v) is 6.41. The Morgan fingerprint density at radius 3 is 2.29 bits per heavy atom. The van der Waals surface area contributed by atoms with Crippen LogP contribution in [-0.2, 0) is 16.3 Å². The number of rotatable bonds is 9. The van der Waals surface area contributed by atoms with Gasteiger partial charge in [-0.3, -0.25) is 4.79 Å². The molecule has 0 aromatic heterocycles. The zero-order valence-corrected chi connectivity index (χ0v) is 17.7. The van der Waals surface area contributed by atoms with Crippen molar-refractivity contribution in [2.75, 3.05) is 11.1 Å². The maximum Gasteiger partial charge on any atom is 0.225 e. The van der Waals surface area contributed by atoms with Crippen molar-refractivity contribution in [2.24, 2.45) is 0 Å². The molecule has 0 radical (unpaired) electrons. The van der Waals surface area contributed by atoms with Crippen molar-refractivity contribution >= 4 is 35.1 Å². The number of carbonyl (C=O) groups excluding carboxylic acids is 1. The molecule has 0 fully saturated rings. The van der Waals surface area contributed by atoms with Gasteiger partial charge >= 0.3 is 0 Å². The van der Waals surface area contributed by atoms with E-state index in [4.69, 9.17) is 0 Å². The average molecular weight is 408 g/mol. The van der Waals surface area contributed by atoms with Gasteiger partial charge in [-0.25, -0.2) is 0 Å². The van der Waals surface area contributed by atoms with Gasteiger partial charge in [0.2, 0.25) is 5.91 Å². The fraction of sp³-hybridized carbons (Fsp3) is 0.208. The predicted molar refractivity (Wildman–Crippen MR) is 123 cm³/mol. The molecule has 144 valence electrons. The van der Waals surface area contributed by atoms with Crippen LogP contribution < -0.4 is 5.32 Å². The second-order valence-electron chi connectivity index (χ2n) is 6.59. The van der Waals surface area contributed by atoms with Crippen LogP contribution in [0.3, 0.4) is 0 Å². The molecule has 0 aliphatic carbocycles. The molecule has 1 amide bonds. The molecule has 3 rings (SSSR count). The van der Waals surface area contributed by atoms with Crippen LogP contribution in [0.2, 0.25) is 0 Å². The zero-order chi connectivity index (χ0) is 19.6. The highest BCUT2D eigenvalue weighted by Crippen LogP contribution is 2.25. The summed E-state index contributed by atoms with van der Waals surface area (Å²) in [5.41, 5.74) is 4.58. The van der Waals surface area contributed by atoms with Crippen molar-refractivity contribution in [1.29, 1.82) is 0 Å². The van der Waals surface area contributed by atoms with Crippen molar-refractivity contribution in [1.82, 2.24) is 0 Å². The minimum absolute atomic E-state index is 0.0788. The Morgan fingerprint density at radius 2 is 1.57 bits per heavy atom. The SMILES string of the molecule is Cc1cc(CSc2ccccc2)ccc1NC(=O)CCSCc1ccccc1. The van der Waals surface area contributed by atoms with Gasteiger partial charge in [0.1, 0.15) is 0 Å². The number of aryl methyl sites for hydroxylation is 1. The summed E-state index contributed by atoms with van der Waals surface area (Å²) in [5.74, 6) is 2.77. The van der Waals surface area contributed by atoms with Crippen LogP contribution in [0.25, 0.3) is 0 Å². The second-order valence-corrected chi connectivity index (χ2v) is 8.74. The lowest BCUT2D eigenvalue weighted by Crippen LogP contribution is -2.13. The predicted octanol–water partition coefficient (Wildman–Crippen LogP) is 6.55. The molecule has 0 saturated carbocycles. The third kappa shape index (κ3) is 6.77. The van der Waals surface area contributed by atoms with Gasteiger partial charge in [-0.1, -0.05) is 60.7 Å². The molecule has 0 unspecified atom stereocenters. The number of anilines is 1. The smallest absolute Gasteiger partial charge is 0.225 e. The number of nitrogens with one attached hydrogen (secondary N) is 1. The fourth-order valence-corrected chi connectivity index (χ4v) is 4.55. The van der Waals surface area contributed by atoms with Gasteiger partial charge < -0.3 is 5.32 Å². The fourth-order valence-electron chi connectivity index (χ4n) is 2.78. The molecule has 0 aliphatic heterocycles. The number of hydrogen-bond donors (Lipinski definition) is 1. The molecule has 1 N–H and O–H groups in total. The minimum Gasteiger partial charge on any atom is -0.326 e. The highest BCUT2D eigenvalue weighted by molar-refractivity contribution is 7.98. The van der Waals surface area contributed by atoms with Crippen molar-refractivity contribution in [3.63, 3.8) is 0 Å². The molecule has 0 aliphatic rings. The number of hydrogen-bond acceptors (Lipinski definition) is 3. The van der Waals surface area contributed by atoms with E-state index in [0.717, 1.165) is 28.5 Å². The lowest BCUT2D eigenvalue weighted by atomic mass is 10.1. The molecule has 0 atom stereocenters. The van der Waals surface area contributed by atoms with Crippen LogP contribution in [0, 0.1) is 6.92 Å². The number of carbonyl (C=O) groups is 1. The summed E-state index contributed by atoms with van der Waals surface area (Å²) in [6.07, 6.45) is 0.530. The van der Waals surface area contributed by atoms with Crippen molar-refractivity contribution < 1.29 is 4.79 Å². The highest BCUT2D eigenvalue weighted by Gasteiger charge is 2.06. The molecule has 0 heterocycles. The molecule has 3 aromatic rings. The summed E-state index contributed by atoms with van der Waals surface area (Å²) in [7, 11) is 0. The molecular formula is C24H25NOS2. The first-order chi connectivity index (χ1) is 13.7. The Labute approximate surface area is 176 Å². The van der Waals surface area contributed by atoms with Crippen LogP contribution >= 0.6 is 23.5 Å². The Kier molecular flexibility index (Phi) is 8.07. The van der Waals surface area contributed by atoms with Crippen molar-refractivity contribution in [3.8, 4) is 0 Å². The van der Waals surface area contributed by atoms with Crippen LogP contribution in [0.5, 0.6) is 0 Å². The maximum atomic E-state index is 12.2. The lowest BCUT2D eigenvalue weighted by Gasteiger charge is -2.10. The number of thioether (sulfide) groups is 2. The molecule has 0 bridgehead atoms. The Morgan fingerprint density at radius 1 is 0.857 bits per heavy atom. The van der Waals surface area contributed by atoms with Crippen molar-refractivity contribution in [3.05, 3.63) is 95.6 Å². The van der Waals surface area contributed by atoms with Gasteiger partial charge in [0.15, 0.2) is 0 Å². The first-order valence-electron chi connectivity index (χ1n) is 9.39. The maximum absolute atomic E-state index is 12.2. The van der Waals surface area contributed by atoms with E-state index in [9.17, 15) is 4.79 Å². The van der Waals surface area contributed by atoms with Crippen LogP contribution in [-0.4, -0.2) is 11.7 Å². The van der Waals surface area contributed by atoms with Gasteiger partial charge in [0.25, 0.3) is 0 Å². The standard InChI is InChI=1S/C24H25NOS2/c1-19-16-21(18-28-22-10-6-3-7-11-22)12-13-23(19)25-24(26)14-15-27-17-20-8-4-2-5-9-20/h2-13,16H,14-15,17-18H2,1H3,(H,25,26).